The molecule has 56 heavy (non-hydrogen) atoms. The number of nitrogens with two attached hydrogens (primary N) is 1. The van der Waals surface area contributed by atoms with E-state index in [1.54, 1.807) is 48.5 Å². The number of hydrogen-bond acceptors (Lipinski definition) is 13. The molecule has 0 amide bonds. The Morgan fingerprint density at radius 3 is 2.27 bits per heavy atom. The van der Waals surface area contributed by atoms with E-state index in [0.717, 1.165) is 32.1 Å². The number of ether oxygens (including phenoxy) is 4. The Morgan fingerprint density at radius 1 is 0.964 bits per heavy atom. The lowest BCUT2D eigenvalue weighted by molar-refractivity contribution is -0.170. The van der Waals surface area contributed by atoms with Crippen molar-refractivity contribution in [3.63, 3.8) is 0 Å². The number of aromatic nitrogens is 2. The number of nitrogens with zero attached hydrogens (tertiary/aromatic N) is 3. The van der Waals surface area contributed by atoms with E-state index in [1.165, 1.54) is 17.6 Å². The van der Waals surface area contributed by atoms with E-state index in [1.807, 2.05) is 27.7 Å². The number of carbonyl (C=O) groups excluding carboxylic acids is 3. The molecular weight excluding hydrogens is 741 g/mol. The molecule has 0 bridgehead atoms. The maximum Gasteiger partial charge on any atom is 0.459 e. The number of nitriles is 1. The number of carbonyl (C=O) groups is 3. The molecule has 0 spiro atoms. The number of fused-ring (bicyclic) bond motifs is 1. The van der Waals surface area contributed by atoms with Crippen molar-refractivity contribution >= 4 is 36.9 Å². The van der Waals surface area contributed by atoms with Gasteiger partial charge in [-0.15, -0.1) is 0 Å². The lowest BCUT2D eigenvalue weighted by Crippen LogP contribution is -2.50. The van der Waals surface area contributed by atoms with E-state index in [-0.39, 0.29) is 36.5 Å². The Kier molecular flexibility index (Phi) is 14.6. The van der Waals surface area contributed by atoms with E-state index in [4.69, 9.17) is 33.7 Å². The van der Waals surface area contributed by atoms with Crippen molar-refractivity contribution in [2.24, 2.45) is 11.8 Å². The third kappa shape index (κ3) is 10.9. The van der Waals surface area contributed by atoms with Crippen molar-refractivity contribution in [3.05, 3.63) is 60.4 Å². The number of anilines is 1. The highest BCUT2D eigenvalue weighted by molar-refractivity contribution is 7.52. The normalized spacial score (nSPS) is 23.0. The number of para-hydroxylation sites is 1. The Hall–Kier alpha value is -4.48. The average Bonchev–Trinajstić information content (AvgIpc) is 3.73. The number of benzene rings is 1. The Balaban J connectivity index is 1.52. The Labute approximate surface area is 328 Å². The molecule has 2 aliphatic rings. The third-order valence-electron chi connectivity index (χ3n) is 9.83. The maximum absolute atomic E-state index is 14.7. The van der Waals surface area contributed by atoms with Crippen LogP contribution in [0.5, 0.6) is 5.75 Å². The first-order chi connectivity index (χ1) is 26.7. The molecule has 3 heterocycles. The molecule has 2 aromatic heterocycles. The molecule has 1 saturated carbocycles. The minimum absolute atomic E-state index is 0.000844. The number of nitrogens with one attached hydrogen (secondary N) is 1. The lowest BCUT2D eigenvalue weighted by Gasteiger charge is -2.31. The van der Waals surface area contributed by atoms with Crippen LogP contribution in [0.4, 0.5) is 5.69 Å². The van der Waals surface area contributed by atoms with Crippen molar-refractivity contribution in [3.8, 4) is 11.8 Å². The zero-order valence-electron chi connectivity index (χ0n) is 32.8. The molecule has 3 N–H and O–H groups in total. The van der Waals surface area contributed by atoms with Crippen molar-refractivity contribution in [2.75, 3.05) is 12.3 Å². The molecule has 5 rings (SSSR count). The molecule has 2 fully saturated rings. The zero-order chi connectivity index (χ0) is 40.5. The van der Waals surface area contributed by atoms with Crippen LogP contribution >= 0.6 is 7.75 Å². The van der Waals surface area contributed by atoms with E-state index >= 15 is 0 Å². The standard InChI is InChI=1S/C40H54N5O10P/c1-26(2)16-20-34(46)52-37-36(33-19-18-32-31(42)22-23-43-45(32)33)54-40(24-41,38(37)53-35(47)21-17-27(3)4)25-50-56(49,55-30-14-10-7-11-15-30)44-28(5)39(48)51-29-12-8-6-9-13-29/h7,10-11,14-15,18-19,22-23,26-29,36-38H,6,8-9,12-13,16-17,20-21,25,42H2,1-5H3,(H,44,49)/t28-,36-,37-,38-,40+,56-/m0/s1. The number of rotatable bonds is 18. The minimum Gasteiger partial charge on any atom is -0.461 e. The lowest BCUT2D eigenvalue weighted by atomic mass is 9.95. The largest absolute Gasteiger partial charge is 0.461 e. The van der Waals surface area contributed by atoms with E-state index in [9.17, 15) is 24.2 Å². The molecule has 1 aromatic carbocycles. The van der Waals surface area contributed by atoms with E-state index in [0.29, 0.717) is 29.7 Å². The number of esters is 3. The van der Waals surface area contributed by atoms with Crippen LogP contribution in [-0.4, -0.2) is 64.1 Å². The summed E-state index contributed by atoms with van der Waals surface area (Å²) >= 11 is 0. The van der Waals surface area contributed by atoms with Crippen LogP contribution in [0.2, 0.25) is 0 Å². The SMILES string of the molecule is CC(C)CCC(=O)O[C@H]1[C@H](c2ccc3c(N)ccnn23)O[C@](C#N)(CO[P@@](=O)(N[C@@H](C)C(=O)OC2CCCCC2)Oc2ccccc2)[C@H]1OC(=O)CCC(C)C. The molecule has 1 aliphatic heterocycles. The highest BCUT2D eigenvalue weighted by Gasteiger charge is 2.62. The van der Waals surface area contributed by atoms with Gasteiger partial charge in [-0.1, -0.05) is 52.3 Å². The molecule has 3 aromatic rings. The van der Waals surface area contributed by atoms with E-state index in [2.05, 4.69) is 16.3 Å². The second kappa shape index (κ2) is 19.1. The quantitative estimate of drug-likeness (QED) is 0.0756. The van der Waals surface area contributed by atoms with Gasteiger partial charge >= 0.3 is 25.7 Å². The van der Waals surface area contributed by atoms with Crippen molar-refractivity contribution in [1.29, 1.82) is 5.26 Å². The molecule has 304 valence electrons. The highest BCUT2D eigenvalue weighted by atomic mass is 31.2. The van der Waals surface area contributed by atoms with Crippen LogP contribution in [0.3, 0.4) is 0 Å². The van der Waals surface area contributed by atoms with Gasteiger partial charge in [0, 0.05) is 19.0 Å². The van der Waals surface area contributed by atoms with Gasteiger partial charge in [0.15, 0.2) is 12.2 Å². The molecule has 6 atom stereocenters. The summed E-state index contributed by atoms with van der Waals surface area (Å²) in [5.41, 5.74) is 5.28. The summed E-state index contributed by atoms with van der Waals surface area (Å²) in [7, 11) is -4.56. The predicted octanol–water partition coefficient (Wildman–Crippen LogP) is 7.00. The van der Waals surface area contributed by atoms with Gasteiger partial charge in [-0.2, -0.15) is 15.4 Å². The fraction of sp³-hybridized carbons (Fsp3) is 0.575. The Morgan fingerprint density at radius 2 is 1.62 bits per heavy atom. The highest BCUT2D eigenvalue weighted by Crippen LogP contribution is 2.50. The average molecular weight is 796 g/mol. The summed E-state index contributed by atoms with van der Waals surface area (Å²) in [4.78, 5) is 40.2. The summed E-state index contributed by atoms with van der Waals surface area (Å²) in [6.07, 6.45) is 2.47. The summed E-state index contributed by atoms with van der Waals surface area (Å²) in [5.74, 6) is -1.44. The van der Waals surface area contributed by atoms with Crippen LogP contribution in [0, 0.1) is 23.2 Å². The van der Waals surface area contributed by atoms with Crippen molar-refractivity contribution in [1.82, 2.24) is 14.7 Å². The number of hydrogen-bond donors (Lipinski definition) is 2. The predicted molar refractivity (Wildman–Crippen MR) is 206 cm³/mol. The molecule has 1 saturated heterocycles. The van der Waals surface area contributed by atoms with Crippen LogP contribution < -0.4 is 15.3 Å². The summed E-state index contributed by atoms with van der Waals surface area (Å²) in [6.45, 7) is 8.50. The first kappa shape index (κ1) is 42.7. The van der Waals surface area contributed by atoms with Crippen LogP contribution in [-0.2, 0) is 42.4 Å². The van der Waals surface area contributed by atoms with Gasteiger partial charge < -0.3 is 29.2 Å². The van der Waals surface area contributed by atoms with Gasteiger partial charge in [0.05, 0.1) is 16.9 Å². The summed E-state index contributed by atoms with van der Waals surface area (Å²) < 4.78 is 52.5. The second-order valence-electron chi connectivity index (χ2n) is 15.3. The van der Waals surface area contributed by atoms with Crippen LogP contribution in [0.15, 0.2) is 54.7 Å². The molecular formula is C40H54N5O10P. The molecule has 15 nitrogen and oxygen atoms in total. The summed E-state index contributed by atoms with van der Waals surface area (Å²) in [5, 5.41) is 18.1. The first-order valence-electron chi connectivity index (χ1n) is 19.4. The van der Waals surface area contributed by atoms with Gasteiger partial charge in [0.1, 0.15) is 36.7 Å². The fourth-order valence-electron chi connectivity index (χ4n) is 6.67. The van der Waals surface area contributed by atoms with Gasteiger partial charge in [-0.3, -0.25) is 18.9 Å². The zero-order valence-corrected chi connectivity index (χ0v) is 33.7. The molecule has 1 aliphatic carbocycles. The molecule has 0 unspecified atom stereocenters. The minimum atomic E-state index is -4.56. The van der Waals surface area contributed by atoms with Gasteiger partial charge in [-0.05, 0) is 87.6 Å². The monoisotopic (exact) mass is 795 g/mol. The summed E-state index contributed by atoms with van der Waals surface area (Å²) in [6, 6.07) is 14.1. The van der Waals surface area contributed by atoms with Crippen molar-refractivity contribution in [2.45, 2.75) is 128 Å². The third-order valence-corrected chi connectivity index (χ3v) is 11.5. The first-order valence-corrected chi connectivity index (χ1v) is 20.9. The number of nitrogen functional groups attached to an aromatic ring is 1. The van der Waals surface area contributed by atoms with Crippen LogP contribution in [0.1, 0.15) is 104 Å². The molecule has 16 heteroatoms. The smallest absolute Gasteiger partial charge is 0.459 e. The van der Waals surface area contributed by atoms with E-state index < -0.39 is 62.2 Å². The topological polar surface area (TPSA) is 203 Å². The molecule has 0 radical (unpaired) electrons. The Bertz CT molecular complexity index is 1890. The van der Waals surface area contributed by atoms with Gasteiger partial charge in [-0.25, -0.2) is 9.08 Å². The van der Waals surface area contributed by atoms with Crippen molar-refractivity contribution < 1.29 is 46.9 Å². The van der Waals surface area contributed by atoms with Gasteiger partial charge in [0.2, 0.25) is 5.60 Å². The second-order valence-corrected chi connectivity index (χ2v) is 17.0. The maximum atomic E-state index is 14.7. The van der Waals surface area contributed by atoms with Gasteiger partial charge in [0.25, 0.3) is 0 Å². The van der Waals surface area contributed by atoms with Crippen LogP contribution in [0.25, 0.3) is 5.52 Å². The fourth-order valence-corrected chi connectivity index (χ4v) is 8.19.